The van der Waals surface area contributed by atoms with Gasteiger partial charge in [0.05, 0.1) is 29.1 Å². The molecule has 28 heavy (non-hydrogen) atoms. The summed E-state index contributed by atoms with van der Waals surface area (Å²) in [5, 5.41) is 10.5. The predicted octanol–water partition coefficient (Wildman–Crippen LogP) is 4.85. The molecule has 0 spiro atoms. The molecule has 0 aliphatic heterocycles. The summed E-state index contributed by atoms with van der Waals surface area (Å²) >= 11 is 4.48. The molecule has 0 fully saturated rings. The number of aromatic nitrogens is 2. The van der Waals surface area contributed by atoms with Crippen LogP contribution in [0.15, 0.2) is 56.9 Å². The van der Waals surface area contributed by atoms with Gasteiger partial charge in [0, 0.05) is 10.2 Å². The fraction of sp³-hybridized carbons (Fsp3) is 0.263. The molecular formula is C19H16BrF3N2O2S. The van der Waals surface area contributed by atoms with E-state index in [1.807, 2.05) is 0 Å². The van der Waals surface area contributed by atoms with Gasteiger partial charge >= 0.3 is 6.18 Å². The highest BCUT2D eigenvalue weighted by Crippen LogP contribution is 2.31. The molecule has 3 rings (SSSR count). The Labute approximate surface area is 171 Å². The molecule has 1 N–H and O–H groups in total. The van der Waals surface area contributed by atoms with Gasteiger partial charge in [-0.15, -0.1) is 0 Å². The van der Waals surface area contributed by atoms with E-state index in [0.29, 0.717) is 21.6 Å². The van der Waals surface area contributed by atoms with Crippen LogP contribution in [0.2, 0.25) is 0 Å². The first-order valence-electron chi connectivity index (χ1n) is 8.32. The van der Waals surface area contributed by atoms with Crippen molar-refractivity contribution >= 4 is 38.6 Å². The lowest BCUT2D eigenvalue weighted by Gasteiger charge is -2.15. The number of alkyl halides is 3. The number of aliphatic hydroxyl groups excluding tert-OH is 1. The molecule has 0 saturated carbocycles. The third-order valence-electron chi connectivity index (χ3n) is 3.95. The molecule has 0 radical (unpaired) electrons. The first-order valence-corrected chi connectivity index (χ1v) is 10.1. The van der Waals surface area contributed by atoms with E-state index in [-0.39, 0.29) is 17.9 Å². The van der Waals surface area contributed by atoms with Crippen LogP contribution in [0.3, 0.4) is 0 Å². The molecule has 1 atom stereocenters. The molecule has 148 valence electrons. The van der Waals surface area contributed by atoms with Crippen LogP contribution in [0.4, 0.5) is 13.2 Å². The van der Waals surface area contributed by atoms with Crippen LogP contribution < -0.4 is 5.56 Å². The van der Waals surface area contributed by atoms with Gasteiger partial charge in [-0.1, -0.05) is 45.9 Å². The number of hydrogen-bond acceptors (Lipinski definition) is 4. The third-order valence-corrected chi connectivity index (χ3v) is 5.49. The molecule has 1 aromatic heterocycles. The second-order valence-electron chi connectivity index (χ2n) is 6.31. The predicted molar refractivity (Wildman–Crippen MR) is 106 cm³/mol. The van der Waals surface area contributed by atoms with Crippen molar-refractivity contribution in [1.82, 2.24) is 9.55 Å². The van der Waals surface area contributed by atoms with E-state index < -0.39 is 17.8 Å². The number of aliphatic hydroxyl groups is 1. The number of rotatable bonds is 5. The lowest BCUT2D eigenvalue weighted by Crippen LogP contribution is -2.27. The molecule has 0 bridgehead atoms. The smallest absolute Gasteiger partial charge is 0.392 e. The van der Waals surface area contributed by atoms with Crippen molar-refractivity contribution in [3.63, 3.8) is 0 Å². The van der Waals surface area contributed by atoms with Crippen LogP contribution in [0.25, 0.3) is 10.9 Å². The van der Waals surface area contributed by atoms with E-state index in [0.717, 1.165) is 28.4 Å². The van der Waals surface area contributed by atoms with E-state index in [1.165, 1.54) is 10.6 Å². The molecule has 0 amide bonds. The summed E-state index contributed by atoms with van der Waals surface area (Å²) in [6.45, 7) is 1.60. The standard InChI is InChI=1S/C19H16BrF3N2O2S/c1-11(26)9-25-17(27)15-8-14(20)5-6-16(15)24-18(25)28-10-12-3-2-4-13(7-12)19(21,22)23/h2-8,11,26H,9-10H2,1H3/t11-/m1/s1. The average molecular weight is 473 g/mol. The van der Waals surface area contributed by atoms with Crippen LogP contribution in [0, 0.1) is 0 Å². The average Bonchev–Trinajstić information content (AvgIpc) is 2.62. The maximum Gasteiger partial charge on any atom is 0.416 e. The number of nitrogens with zero attached hydrogens (tertiary/aromatic N) is 2. The van der Waals surface area contributed by atoms with Gasteiger partial charge in [0.2, 0.25) is 0 Å². The summed E-state index contributed by atoms with van der Waals surface area (Å²) in [5.74, 6) is 0.207. The summed E-state index contributed by atoms with van der Waals surface area (Å²) in [7, 11) is 0. The van der Waals surface area contributed by atoms with E-state index in [2.05, 4.69) is 20.9 Å². The van der Waals surface area contributed by atoms with Crippen LogP contribution in [-0.4, -0.2) is 20.8 Å². The summed E-state index contributed by atoms with van der Waals surface area (Å²) in [5.41, 5.74) is -0.0720. The molecule has 0 unspecified atom stereocenters. The van der Waals surface area contributed by atoms with Gasteiger partial charge in [-0.05, 0) is 36.8 Å². The van der Waals surface area contributed by atoms with Gasteiger partial charge in [-0.3, -0.25) is 9.36 Å². The number of halogens is 4. The molecular weight excluding hydrogens is 457 g/mol. The van der Waals surface area contributed by atoms with E-state index in [1.54, 1.807) is 31.2 Å². The maximum absolute atomic E-state index is 12.9. The SMILES string of the molecule is C[C@@H](O)Cn1c(SCc2cccc(C(F)(F)F)c2)nc2ccc(Br)cc2c1=O. The van der Waals surface area contributed by atoms with Crippen molar-refractivity contribution in [3.8, 4) is 0 Å². The highest BCUT2D eigenvalue weighted by molar-refractivity contribution is 9.10. The van der Waals surface area contributed by atoms with Crippen molar-refractivity contribution in [2.45, 2.75) is 36.7 Å². The lowest BCUT2D eigenvalue weighted by molar-refractivity contribution is -0.137. The first kappa shape index (κ1) is 20.9. The van der Waals surface area contributed by atoms with Crippen LogP contribution in [0.1, 0.15) is 18.1 Å². The van der Waals surface area contributed by atoms with Gasteiger partial charge in [-0.25, -0.2) is 4.98 Å². The summed E-state index contributed by atoms with van der Waals surface area (Å²) in [6.07, 6.45) is -5.19. The van der Waals surface area contributed by atoms with Crippen molar-refractivity contribution in [1.29, 1.82) is 0 Å². The molecule has 1 heterocycles. The highest BCUT2D eigenvalue weighted by atomic mass is 79.9. The Bertz CT molecular complexity index is 1070. The summed E-state index contributed by atoms with van der Waals surface area (Å²) in [4.78, 5) is 17.4. The van der Waals surface area contributed by atoms with Gasteiger partial charge < -0.3 is 5.11 Å². The number of fused-ring (bicyclic) bond motifs is 1. The Morgan fingerprint density at radius 3 is 2.68 bits per heavy atom. The van der Waals surface area contributed by atoms with Gasteiger partial charge in [0.15, 0.2) is 5.16 Å². The van der Waals surface area contributed by atoms with Gasteiger partial charge in [-0.2, -0.15) is 13.2 Å². The fourth-order valence-corrected chi connectivity index (χ4v) is 4.01. The van der Waals surface area contributed by atoms with Gasteiger partial charge in [0.1, 0.15) is 0 Å². The van der Waals surface area contributed by atoms with E-state index >= 15 is 0 Å². The second-order valence-corrected chi connectivity index (χ2v) is 8.17. The summed E-state index contributed by atoms with van der Waals surface area (Å²) in [6, 6.07) is 10.2. The molecule has 4 nitrogen and oxygen atoms in total. The molecule has 0 aliphatic rings. The maximum atomic E-state index is 12.9. The van der Waals surface area contributed by atoms with Crippen molar-refractivity contribution < 1.29 is 18.3 Å². The molecule has 0 aliphatic carbocycles. The summed E-state index contributed by atoms with van der Waals surface area (Å²) < 4.78 is 40.8. The zero-order valence-electron chi connectivity index (χ0n) is 14.7. The van der Waals surface area contributed by atoms with E-state index in [4.69, 9.17) is 0 Å². The quantitative estimate of drug-likeness (QED) is 0.425. The monoisotopic (exact) mass is 472 g/mol. The minimum atomic E-state index is -4.41. The van der Waals surface area contributed by atoms with Crippen molar-refractivity contribution in [2.24, 2.45) is 0 Å². The molecule has 0 saturated heterocycles. The number of thioether (sulfide) groups is 1. The van der Waals surface area contributed by atoms with Crippen LogP contribution in [0.5, 0.6) is 0 Å². The minimum Gasteiger partial charge on any atom is -0.392 e. The minimum absolute atomic E-state index is 0.0409. The Balaban J connectivity index is 1.98. The van der Waals surface area contributed by atoms with Crippen molar-refractivity contribution in [3.05, 3.63) is 68.4 Å². The lowest BCUT2D eigenvalue weighted by atomic mass is 10.1. The van der Waals surface area contributed by atoms with Crippen LogP contribution >= 0.6 is 27.7 Å². The van der Waals surface area contributed by atoms with Gasteiger partial charge in [0.25, 0.3) is 5.56 Å². The highest BCUT2D eigenvalue weighted by Gasteiger charge is 2.30. The number of benzene rings is 2. The largest absolute Gasteiger partial charge is 0.416 e. The first-order chi connectivity index (χ1) is 13.1. The van der Waals surface area contributed by atoms with E-state index in [9.17, 15) is 23.1 Å². The molecule has 2 aromatic carbocycles. The van der Waals surface area contributed by atoms with Crippen LogP contribution in [-0.2, 0) is 18.5 Å². The molecule has 3 aromatic rings. The molecule has 9 heteroatoms. The number of hydrogen-bond donors (Lipinski definition) is 1. The Morgan fingerprint density at radius 1 is 1.25 bits per heavy atom. The topological polar surface area (TPSA) is 55.1 Å². The second kappa shape index (κ2) is 8.26. The zero-order chi connectivity index (χ0) is 20.5. The Morgan fingerprint density at radius 2 is 2.00 bits per heavy atom. The fourth-order valence-electron chi connectivity index (χ4n) is 2.69. The van der Waals surface area contributed by atoms with Crippen molar-refractivity contribution in [2.75, 3.05) is 0 Å². The Kier molecular flexibility index (Phi) is 6.16. The zero-order valence-corrected chi connectivity index (χ0v) is 17.1. The Hall–Kier alpha value is -1.84. The normalized spacial score (nSPS) is 13.1. The third kappa shape index (κ3) is 4.76.